The van der Waals surface area contributed by atoms with Gasteiger partial charge in [0.05, 0.1) is 5.69 Å². The second-order valence-electron chi connectivity index (χ2n) is 5.49. The summed E-state index contributed by atoms with van der Waals surface area (Å²) in [4.78, 5) is 15.7. The minimum absolute atomic E-state index is 0.137. The molecule has 22 heavy (non-hydrogen) atoms. The summed E-state index contributed by atoms with van der Waals surface area (Å²) in [5, 5.41) is 4.74. The van der Waals surface area contributed by atoms with Gasteiger partial charge in [-0.05, 0) is 43.0 Å². The first-order chi connectivity index (χ1) is 10.7. The Labute approximate surface area is 133 Å². The maximum Gasteiger partial charge on any atom is 0.225 e. The van der Waals surface area contributed by atoms with Gasteiger partial charge in [-0.2, -0.15) is 0 Å². The van der Waals surface area contributed by atoms with Crippen molar-refractivity contribution in [3.8, 4) is 0 Å². The van der Waals surface area contributed by atoms with Gasteiger partial charge in [0.25, 0.3) is 0 Å². The van der Waals surface area contributed by atoms with Gasteiger partial charge < -0.3 is 5.32 Å². The van der Waals surface area contributed by atoms with Gasteiger partial charge in [0.2, 0.25) is 5.91 Å². The largest absolute Gasteiger partial charge is 0.324 e. The van der Waals surface area contributed by atoms with E-state index in [1.165, 1.54) is 10.9 Å². The zero-order valence-electron chi connectivity index (χ0n) is 12.3. The van der Waals surface area contributed by atoms with Gasteiger partial charge in [0.15, 0.2) is 0 Å². The molecule has 0 saturated carbocycles. The fourth-order valence-corrected chi connectivity index (χ4v) is 3.81. The second kappa shape index (κ2) is 7.03. The maximum absolute atomic E-state index is 13.5. The van der Waals surface area contributed by atoms with Crippen LogP contribution in [0.1, 0.15) is 30.2 Å². The number of halogens is 1. The van der Waals surface area contributed by atoms with Crippen LogP contribution in [-0.2, 0) is 4.79 Å². The molecule has 3 nitrogen and oxygen atoms in total. The second-order valence-corrected chi connectivity index (χ2v) is 6.47. The Morgan fingerprint density at radius 2 is 2.18 bits per heavy atom. The number of nitrogens with zero attached hydrogens (tertiary/aromatic N) is 1. The first-order valence-corrected chi connectivity index (χ1v) is 8.44. The summed E-state index contributed by atoms with van der Waals surface area (Å²) in [6.45, 7) is 1.73. The summed E-state index contributed by atoms with van der Waals surface area (Å²) in [6, 6.07) is 10.9. The number of nitrogens with one attached hydrogen (secondary N) is 1. The molecule has 1 saturated heterocycles. The summed E-state index contributed by atoms with van der Waals surface area (Å²) in [5.74, 6) is -0.532. The monoisotopic (exact) mass is 318 g/mol. The molecule has 1 fully saturated rings. The quantitative estimate of drug-likeness (QED) is 0.902. The number of likely N-dealkylation sites (tertiary alicyclic amines) is 1. The first kappa shape index (κ1) is 15.2. The molecule has 0 radical (unpaired) electrons. The molecule has 1 aliphatic rings. The summed E-state index contributed by atoms with van der Waals surface area (Å²) in [7, 11) is 0. The van der Waals surface area contributed by atoms with Crippen LogP contribution in [0.2, 0.25) is 0 Å². The van der Waals surface area contributed by atoms with Crippen LogP contribution in [0.25, 0.3) is 0 Å². The predicted octanol–water partition coefficient (Wildman–Crippen LogP) is 4.05. The van der Waals surface area contributed by atoms with Gasteiger partial charge in [-0.15, -0.1) is 11.3 Å². The Bertz CT molecular complexity index is 629. The highest BCUT2D eigenvalue weighted by atomic mass is 32.1. The Balaban J connectivity index is 1.54. The molecule has 2 heterocycles. The Morgan fingerprint density at radius 1 is 1.32 bits per heavy atom. The molecule has 0 spiro atoms. The SMILES string of the molecule is O=C(CCN1CCCC1c1cccs1)Nc1ccccc1F. The van der Waals surface area contributed by atoms with Crippen LogP contribution in [0.5, 0.6) is 0 Å². The smallest absolute Gasteiger partial charge is 0.225 e. The van der Waals surface area contributed by atoms with Crippen LogP contribution in [0, 0.1) is 5.82 Å². The highest BCUT2D eigenvalue weighted by Crippen LogP contribution is 2.34. The molecule has 1 aromatic carbocycles. The topological polar surface area (TPSA) is 32.3 Å². The van der Waals surface area contributed by atoms with Gasteiger partial charge in [-0.25, -0.2) is 4.39 Å². The van der Waals surface area contributed by atoms with Crippen molar-refractivity contribution in [1.29, 1.82) is 0 Å². The molecule has 1 N–H and O–H groups in total. The zero-order valence-corrected chi connectivity index (χ0v) is 13.1. The zero-order chi connectivity index (χ0) is 15.4. The van der Waals surface area contributed by atoms with E-state index in [-0.39, 0.29) is 11.6 Å². The van der Waals surface area contributed by atoms with Crippen molar-refractivity contribution < 1.29 is 9.18 Å². The number of rotatable bonds is 5. The molecular weight excluding hydrogens is 299 g/mol. The lowest BCUT2D eigenvalue weighted by molar-refractivity contribution is -0.116. The highest BCUT2D eigenvalue weighted by Gasteiger charge is 2.26. The first-order valence-electron chi connectivity index (χ1n) is 7.56. The lowest BCUT2D eigenvalue weighted by Crippen LogP contribution is -2.27. The standard InChI is InChI=1S/C17H19FN2OS/c18-13-5-1-2-6-14(13)19-17(21)9-11-20-10-3-7-15(20)16-8-4-12-22-16/h1-2,4-6,8,12,15H,3,7,9-11H2,(H,19,21). The lowest BCUT2D eigenvalue weighted by Gasteiger charge is -2.23. The molecule has 0 aliphatic carbocycles. The Morgan fingerprint density at radius 3 is 2.95 bits per heavy atom. The van der Waals surface area contributed by atoms with Crippen molar-refractivity contribution in [2.75, 3.05) is 18.4 Å². The summed E-state index contributed by atoms with van der Waals surface area (Å²) in [5.41, 5.74) is 0.253. The third-order valence-corrected chi connectivity index (χ3v) is 4.98. The number of carbonyl (C=O) groups is 1. The van der Waals surface area contributed by atoms with Crippen LogP contribution >= 0.6 is 11.3 Å². The molecular formula is C17H19FN2OS. The van der Waals surface area contributed by atoms with Crippen LogP contribution < -0.4 is 5.32 Å². The van der Waals surface area contributed by atoms with Crippen LogP contribution in [0.3, 0.4) is 0 Å². The fourth-order valence-electron chi connectivity index (χ4n) is 2.92. The summed E-state index contributed by atoms with van der Waals surface area (Å²) >= 11 is 1.77. The average molecular weight is 318 g/mol. The number of amides is 1. The van der Waals surface area contributed by atoms with E-state index in [1.807, 2.05) is 0 Å². The minimum atomic E-state index is -0.395. The molecule has 0 bridgehead atoms. The van der Waals surface area contributed by atoms with Crippen LogP contribution in [0.4, 0.5) is 10.1 Å². The molecule has 1 aliphatic heterocycles. The van der Waals surface area contributed by atoms with Gasteiger partial charge in [-0.1, -0.05) is 18.2 Å². The third-order valence-electron chi connectivity index (χ3n) is 4.01. The summed E-state index contributed by atoms with van der Waals surface area (Å²) in [6.07, 6.45) is 2.70. The molecule has 116 valence electrons. The van der Waals surface area contributed by atoms with Crippen molar-refractivity contribution in [2.24, 2.45) is 0 Å². The average Bonchev–Trinajstić information content (AvgIpc) is 3.18. The van der Waals surface area contributed by atoms with Crippen molar-refractivity contribution >= 4 is 22.9 Å². The maximum atomic E-state index is 13.5. The number of para-hydroxylation sites is 1. The third kappa shape index (κ3) is 3.54. The number of benzene rings is 1. The minimum Gasteiger partial charge on any atom is -0.324 e. The normalized spacial score (nSPS) is 18.5. The summed E-state index contributed by atoms with van der Waals surface area (Å²) < 4.78 is 13.5. The molecule has 1 atom stereocenters. The fraction of sp³-hybridized carbons (Fsp3) is 0.353. The highest BCUT2D eigenvalue weighted by molar-refractivity contribution is 7.10. The van der Waals surface area contributed by atoms with E-state index in [4.69, 9.17) is 0 Å². The number of carbonyl (C=O) groups excluding carboxylic acids is 1. The van der Waals surface area contributed by atoms with E-state index in [9.17, 15) is 9.18 Å². The van der Waals surface area contributed by atoms with E-state index in [2.05, 4.69) is 27.7 Å². The van der Waals surface area contributed by atoms with Gasteiger partial charge >= 0.3 is 0 Å². The molecule has 1 unspecified atom stereocenters. The molecule has 5 heteroatoms. The Kier molecular flexibility index (Phi) is 4.85. The van der Waals surface area contributed by atoms with E-state index >= 15 is 0 Å². The van der Waals surface area contributed by atoms with Crippen molar-refractivity contribution in [1.82, 2.24) is 4.90 Å². The Hall–Kier alpha value is -1.72. The number of thiophene rings is 1. The van der Waals surface area contributed by atoms with E-state index in [0.29, 0.717) is 19.0 Å². The van der Waals surface area contributed by atoms with E-state index in [1.54, 1.807) is 29.5 Å². The lowest BCUT2D eigenvalue weighted by atomic mass is 10.2. The van der Waals surface area contributed by atoms with Crippen LogP contribution in [-0.4, -0.2) is 23.9 Å². The van der Waals surface area contributed by atoms with Crippen LogP contribution in [0.15, 0.2) is 41.8 Å². The molecule has 3 rings (SSSR count). The number of hydrogen-bond acceptors (Lipinski definition) is 3. The van der Waals surface area contributed by atoms with Crippen molar-refractivity contribution in [3.05, 3.63) is 52.5 Å². The predicted molar refractivity (Wildman–Crippen MR) is 87.5 cm³/mol. The van der Waals surface area contributed by atoms with E-state index < -0.39 is 5.82 Å². The molecule has 1 amide bonds. The van der Waals surface area contributed by atoms with Gasteiger partial charge in [-0.3, -0.25) is 9.69 Å². The van der Waals surface area contributed by atoms with Gasteiger partial charge in [0.1, 0.15) is 5.82 Å². The number of anilines is 1. The van der Waals surface area contributed by atoms with Crippen molar-refractivity contribution in [3.63, 3.8) is 0 Å². The number of hydrogen-bond donors (Lipinski definition) is 1. The van der Waals surface area contributed by atoms with Gasteiger partial charge in [0, 0.05) is 23.9 Å². The molecule has 1 aromatic heterocycles. The van der Waals surface area contributed by atoms with E-state index in [0.717, 1.165) is 19.4 Å². The van der Waals surface area contributed by atoms with Crippen molar-refractivity contribution in [2.45, 2.75) is 25.3 Å². The molecule has 2 aromatic rings.